The van der Waals surface area contributed by atoms with Crippen LogP contribution in [0, 0.1) is 0 Å². The largest absolute Gasteiger partial charge is 0.314 e. The summed E-state index contributed by atoms with van der Waals surface area (Å²) in [5.74, 6) is 0. The lowest BCUT2D eigenvalue weighted by Crippen LogP contribution is -2.46. The van der Waals surface area contributed by atoms with E-state index in [2.05, 4.69) is 59.3 Å². The third kappa shape index (κ3) is 5.23. The van der Waals surface area contributed by atoms with Crippen molar-refractivity contribution in [1.29, 1.82) is 0 Å². The summed E-state index contributed by atoms with van der Waals surface area (Å²) >= 11 is 0. The smallest absolute Gasteiger partial charge is 0.0234 e. The zero-order valence-corrected chi connectivity index (χ0v) is 13.0. The van der Waals surface area contributed by atoms with Gasteiger partial charge in [0, 0.05) is 38.8 Å². The Morgan fingerprint density at radius 2 is 1.70 bits per heavy atom. The van der Waals surface area contributed by atoms with Gasteiger partial charge in [-0.2, -0.15) is 0 Å². The molecule has 1 aromatic carbocycles. The van der Waals surface area contributed by atoms with Gasteiger partial charge in [0.2, 0.25) is 0 Å². The first kappa shape index (κ1) is 15.5. The van der Waals surface area contributed by atoms with Gasteiger partial charge in [0.25, 0.3) is 0 Å². The SMILES string of the molecule is CCNC(C)CCN1CCN(Cc2ccccc2)CC1. The summed E-state index contributed by atoms with van der Waals surface area (Å²) in [5, 5.41) is 3.49. The van der Waals surface area contributed by atoms with Crippen LogP contribution < -0.4 is 5.32 Å². The van der Waals surface area contributed by atoms with Crippen molar-refractivity contribution in [2.45, 2.75) is 32.9 Å². The van der Waals surface area contributed by atoms with E-state index in [1.807, 2.05) is 0 Å². The second-order valence-corrected chi connectivity index (χ2v) is 5.85. The normalized spacial score (nSPS) is 19.1. The summed E-state index contributed by atoms with van der Waals surface area (Å²) in [6.07, 6.45) is 1.26. The maximum Gasteiger partial charge on any atom is 0.0234 e. The molecule has 1 atom stereocenters. The molecule has 1 heterocycles. The molecule has 1 aliphatic heterocycles. The van der Waals surface area contributed by atoms with E-state index in [4.69, 9.17) is 0 Å². The van der Waals surface area contributed by atoms with Crippen molar-refractivity contribution in [3.05, 3.63) is 35.9 Å². The molecular weight excluding hydrogens is 246 g/mol. The topological polar surface area (TPSA) is 18.5 Å². The first-order valence-corrected chi connectivity index (χ1v) is 8.00. The molecule has 3 heteroatoms. The van der Waals surface area contributed by atoms with E-state index in [-0.39, 0.29) is 0 Å². The van der Waals surface area contributed by atoms with Crippen LogP contribution in [0.2, 0.25) is 0 Å². The van der Waals surface area contributed by atoms with E-state index >= 15 is 0 Å². The number of nitrogens with one attached hydrogen (secondary N) is 1. The van der Waals surface area contributed by atoms with Crippen LogP contribution in [0.3, 0.4) is 0 Å². The fourth-order valence-corrected chi connectivity index (χ4v) is 2.84. The van der Waals surface area contributed by atoms with Crippen molar-refractivity contribution in [1.82, 2.24) is 15.1 Å². The van der Waals surface area contributed by atoms with Crippen LogP contribution in [0.5, 0.6) is 0 Å². The van der Waals surface area contributed by atoms with Gasteiger partial charge in [-0.1, -0.05) is 37.3 Å². The Morgan fingerprint density at radius 3 is 2.35 bits per heavy atom. The predicted octanol–water partition coefficient (Wildman–Crippen LogP) is 2.19. The lowest BCUT2D eigenvalue weighted by molar-refractivity contribution is 0.124. The van der Waals surface area contributed by atoms with Gasteiger partial charge in [-0.15, -0.1) is 0 Å². The molecule has 2 rings (SSSR count). The minimum absolute atomic E-state index is 0.641. The maximum absolute atomic E-state index is 3.49. The van der Waals surface area contributed by atoms with Crippen molar-refractivity contribution in [2.24, 2.45) is 0 Å². The molecule has 1 saturated heterocycles. The van der Waals surface area contributed by atoms with E-state index in [0.29, 0.717) is 6.04 Å². The number of hydrogen-bond donors (Lipinski definition) is 1. The highest BCUT2D eigenvalue weighted by molar-refractivity contribution is 5.14. The summed E-state index contributed by atoms with van der Waals surface area (Å²) < 4.78 is 0. The van der Waals surface area contributed by atoms with Gasteiger partial charge in [-0.25, -0.2) is 0 Å². The zero-order valence-electron chi connectivity index (χ0n) is 13.0. The Hall–Kier alpha value is -0.900. The van der Waals surface area contributed by atoms with Crippen LogP contribution in [0.1, 0.15) is 25.8 Å². The Labute approximate surface area is 124 Å². The molecule has 3 nitrogen and oxygen atoms in total. The summed E-state index contributed by atoms with van der Waals surface area (Å²) in [4.78, 5) is 5.18. The van der Waals surface area contributed by atoms with Gasteiger partial charge in [-0.05, 0) is 32.0 Å². The van der Waals surface area contributed by atoms with Crippen LogP contribution in [-0.2, 0) is 6.54 Å². The van der Waals surface area contributed by atoms with Crippen molar-refractivity contribution in [3.63, 3.8) is 0 Å². The van der Waals surface area contributed by atoms with E-state index in [1.165, 1.54) is 44.7 Å². The van der Waals surface area contributed by atoms with Crippen LogP contribution in [0.25, 0.3) is 0 Å². The van der Waals surface area contributed by atoms with Crippen molar-refractivity contribution in [3.8, 4) is 0 Å². The molecule has 20 heavy (non-hydrogen) atoms. The molecule has 0 aliphatic carbocycles. The molecule has 1 unspecified atom stereocenters. The standard InChI is InChI=1S/C17H29N3/c1-3-18-16(2)9-10-19-11-13-20(14-12-19)15-17-7-5-4-6-8-17/h4-8,16,18H,3,9-15H2,1-2H3. The minimum atomic E-state index is 0.641. The van der Waals surface area contributed by atoms with Gasteiger partial charge in [0.1, 0.15) is 0 Å². The third-order valence-electron chi connectivity index (χ3n) is 4.14. The minimum Gasteiger partial charge on any atom is -0.314 e. The van der Waals surface area contributed by atoms with Gasteiger partial charge in [0.15, 0.2) is 0 Å². The Balaban J connectivity index is 1.65. The quantitative estimate of drug-likeness (QED) is 0.823. The second kappa shape index (κ2) is 8.40. The summed E-state index contributed by atoms with van der Waals surface area (Å²) in [6.45, 7) is 12.7. The molecule has 0 aromatic heterocycles. The van der Waals surface area contributed by atoms with Crippen LogP contribution in [-0.4, -0.2) is 55.1 Å². The molecule has 0 spiro atoms. The molecule has 0 bridgehead atoms. The van der Waals surface area contributed by atoms with E-state index in [1.54, 1.807) is 0 Å². The fraction of sp³-hybridized carbons (Fsp3) is 0.647. The predicted molar refractivity (Wildman–Crippen MR) is 85.9 cm³/mol. The number of benzene rings is 1. The first-order chi connectivity index (χ1) is 9.78. The lowest BCUT2D eigenvalue weighted by atomic mass is 10.2. The molecule has 0 saturated carbocycles. The van der Waals surface area contributed by atoms with Crippen LogP contribution in [0.15, 0.2) is 30.3 Å². The molecule has 1 aliphatic rings. The Bertz CT molecular complexity index is 358. The van der Waals surface area contributed by atoms with E-state index in [9.17, 15) is 0 Å². The average molecular weight is 275 g/mol. The molecule has 112 valence electrons. The second-order valence-electron chi connectivity index (χ2n) is 5.85. The monoisotopic (exact) mass is 275 g/mol. The highest BCUT2D eigenvalue weighted by atomic mass is 15.3. The van der Waals surface area contributed by atoms with Gasteiger partial charge in [0.05, 0.1) is 0 Å². The van der Waals surface area contributed by atoms with Crippen LogP contribution in [0.4, 0.5) is 0 Å². The van der Waals surface area contributed by atoms with E-state index < -0.39 is 0 Å². The number of hydrogen-bond acceptors (Lipinski definition) is 3. The zero-order chi connectivity index (χ0) is 14.2. The van der Waals surface area contributed by atoms with Crippen LogP contribution >= 0.6 is 0 Å². The van der Waals surface area contributed by atoms with Crippen molar-refractivity contribution in [2.75, 3.05) is 39.3 Å². The molecule has 1 fully saturated rings. The molecular formula is C17H29N3. The average Bonchev–Trinajstić information content (AvgIpc) is 2.48. The van der Waals surface area contributed by atoms with Gasteiger partial charge >= 0.3 is 0 Å². The number of nitrogens with zero attached hydrogens (tertiary/aromatic N) is 2. The highest BCUT2D eigenvalue weighted by Crippen LogP contribution is 2.09. The summed E-state index contributed by atoms with van der Waals surface area (Å²) in [7, 11) is 0. The Kier molecular flexibility index (Phi) is 6.51. The summed E-state index contributed by atoms with van der Waals surface area (Å²) in [5.41, 5.74) is 1.43. The van der Waals surface area contributed by atoms with Gasteiger partial charge < -0.3 is 10.2 Å². The van der Waals surface area contributed by atoms with Crippen molar-refractivity contribution >= 4 is 0 Å². The fourth-order valence-electron chi connectivity index (χ4n) is 2.84. The highest BCUT2D eigenvalue weighted by Gasteiger charge is 2.17. The first-order valence-electron chi connectivity index (χ1n) is 8.00. The lowest BCUT2D eigenvalue weighted by Gasteiger charge is -2.35. The van der Waals surface area contributed by atoms with E-state index in [0.717, 1.165) is 13.1 Å². The molecule has 1 N–H and O–H groups in total. The summed E-state index contributed by atoms with van der Waals surface area (Å²) in [6, 6.07) is 11.4. The maximum atomic E-state index is 3.49. The molecule has 0 amide bonds. The molecule has 1 aromatic rings. The number of rotatable bonds is 7. The Morgan fingerprint density at radius 1 is 1.05 bits per heavy atom. The molecule has 0 radical (unpaired) electrons. The number of piperazine rings is 1. The van der Waals surface area contributed by atoms with Gasteiger partial charge in [-0.3, -0.25) is 4.90 Å². The third-order valence-corrected chi connectivity index (χ3v) is 4.14. The van der Waals surface area contributed by atoms with Crippen molar-refractivity contribution < 1.29 is 0 Å².